The maximum absolute atomic E-state index is 12.3. The van der Waals surface area contributed by atoms with E-state index in [1.165, 1.54) is 18.2 Å². The summed E-state index contributed by atoms with van der Waals surface area (Å²) in [6.07, 6.45) is 1.46. The number of sulfonamides is 1. The summed E-state index contributed by atoms with van der Waals surface area (Å²) in [5, 5.41) is 5.50. The Kier molecular flexibility index (Phi) is 7.68. The summed E-state index contributed by atoms with van der Waals surface area (Å²) < 4.78 is 31.8. The van der Waals surface area contributed by atoms with Crippen molar-refractivity contribution in [2.75, 3.05) is 18.5 Å². The fourth-order valence-corrected chi connectivity index (χ4v) is 3.41. The molecule has 0 aromatic heterocycles. The van der Waals surface area contributed by atoms with Gasteiger partial charge in [-0.25, -0.2) is 13.1 Å². The standard InChI is InChI=1S/C19H21N3O4S2/c1-3-12-20-28(24,25)17-10-8-15(9-11-17)21-19(27)22-18(23)14-6-5-7-16(13-14)26-4-2/h3,5-11,13,20H,1,4,12H2,2H3,(H2,21,22,23,27). The Labute approximate surface area is 169 Å². The summed E-state index contributed by atoms with van der Waals surface area (Å²) in [4.78, 5) is 12.4. The maximum Gasteiger partial charge on any atom is 0.257 e. The van der Waals surface area contributed by atoms with Crippen LogP contribution in [0, 0.1) is 0 Å². The van der Waals surface area contributed by atoms with Gasteiger partial charge in [0.05, 0.1) is 11.5 Å². The molecule has 148 valence electrons. The highest BCUT2D eigenvalue weighted by atomic mass is 32.2. The van der Waals surface area contributed by atoms with Gasteiger partial charge in [0.25, 0.3) is 5.91 Å². The first-order valence-corrected chi connectivity index (χ1v) is 10.3. The molecule has 0 aliphatic heterocycles. The fourth-order valence-electron chi connectivity index (χ4n) is 2.20. The molecular formula is C19H21N3O4S2. The Hall–Kier alpha value is -2.75. The van der Waals surface area contributed by atoms with Crippen molar-refractivity contribution < 1.29 is 17.9 Å². The third-order valence-corrected chi connectivity index (χ3v) is 5.12. The molecular weight excluding hydrogens is 398 g/mol. The van der Waals surface area contributed by atoms with Crippen LogP contribution < -0.4 is 20.1 Å². The molecule has 0 saturated carbocycles. The highest BCUT2D eigenvalue weighted by Crippen LogP contribution is 2.15. The van der Waals surface area contributed by atoms with Crippen molar-refractivity contribution in [3.8, 4) is 5.75 Å². The van der Waals surface area contributed by atoms with E-state index in [2.05, 4.69) is 21.9 Å². The Morgan fingerprint density at radius 3 is 2.57 bits per heavy atom. The van der Waals surface area contributed by atoms with Gasteiger partial charge in [-0.05, 0) is 61.6 Å². The van der Waals surface area contributed by atoms with Crippen molar-refractivity contribution >= 4 is 38.9 Å². The number of carbonyl (C=O) groups excluding carboxylic acids is 1. The molecule has 7 nitrogen and oxygen atoms in total. The van der Waals surface area contributed by atoms with Gasteiger partial charge in [0, 0.05) is 17.8 Å². The number of benzene rings is 2. The van der Waals surface area contributed by atoms with Crippen molar-refractivity contribution in [1.29, 1.82) is 0 Å². The third-order valence-electron chi connectivity index (χ3n) is 3.47. The SMILES string of the molecule is C=CCNS(=O)(=O)c1ccc(NC(=S)NC(=O)c2cccc(OCC)c2)cc1. The normalized spacial score (nSPS) is 10.8. The summed E-state index contributed by atoms with van der Waals surface area (Å²) in [5.74, 6) is 0.211. The first kappa shape index (κ1) is 21.5. The van der Waals surface area contributed by atoms with Crippen LogP contribution in [0.1, 0.15) is 17.3 Å². The summed E-state index contributed by atoms with van der Waals surface area (Å²) in [6.45, 7) is 5.97. The first-order chi connectivity index (χ1) is 13.4. The number of anilines is 1. The van der Waals surface area contributed by atoms with E-state index in [0.717, 1.165) is 0 Å². The summed E-state index contributed by atoms with van der Waals surface area (Å²) in [5.41, 5.74) is 0.945. The minimum atomic E-state index is -3.60. The van der Waals surface area contributed by atoms with Crippen LogP contribution in [-0.2, 0) is 10.0 Å². The summed E-state index contributed by atoms with van der Waals surface area (Å²) in [7, 11) is -3.60. The minimum absolute atomic E-state index is 0.0900. The Morgan fingerprint density at radius 1 is 1.21 bits per heavy atom. The molecule has 0 bridgehead atoms. The minimum Gasteiger partial charge on any atom is -0.494 e. The highest BCUT2D eigenvalue weighted by molar-refractivity contribution is 7.89. The predicted molar refractivity (Wildman–Crippen MR) is 113 cm³/mol. The average Bonchev–Trinajstić information content (AvgIpc) is 2.67. The second-order valence-corrected chi connectivity index (χ2v) is 7.71. The summed E-state index contributed by atoms with van der Waals surface area (Å²) in [6, 6.07) is 12.7. The zero-order chi connectivity index (χ0) is 20.6. The number of rotatable bonds is 8. The van der Waals surface area contributed by atoms with E-state index in [1.54, 1.807) is 36.4 Å². The van der Waals surface area contributed by atoms with E-state index in [9.17, 15) is 13.2 Å². The van der Waals surface area contributed by atoms with Crippen LogP contribution >= 0.6 is 12.2 Å². The van der Waals surface area contributed by atoms with E-state index < -0.39 is 10.0 Å². The van der Waals surface area contributed by atoms with E-state index in [1.807, 2.05) is 6.92 Å². The largest absolute Gasteiger partial charge is 0.494 e. The van der Waals surface area contributed by atoms with Gasteiger partial charge in [-0.2, -0.15) is 0 Å². The topological polar surface area (TPSA) is 96.5 Å². The fraction of sp³-hybridized carbons (Fsp3) is 0.158. The van der Waals surface area contributed by atoms with E-state index in [-0.39, 0.29) is 22.5 Å². The quantitative estimate of drug-likeness (QED) is 0.450. The van der Waals surface area contributed by atoms with Crippen LogP contribution in [0.2, 0.25) is 0 Å². The number of hydrogen-bond donors (Lipinski definition) is 3. The molecule has 1 amide bonds. The van der Waals surface area contributed by atoms with Gasteiger partial charge in [0.15, 0.2) is 5.11 Å². The van der Waals surface area contributed by atoms with Crippen LogP contribution in [0.25, 0.3) is 0 Å². The molecule has 9 heteroatoms. The first-order valence-electron chi connectivity index (χ1n) is 8.41. The van der Waals surface area contributed by atoms with Gasteiger partial charge in [0.2, 0.25) is 10.0 Å². The van der Waals surface area contributed by atoms with Crippen molar-refractivity contribution in [2.24, 2.45) is 0 Å². The number of carbonyl (C=O) groups is 1. The zero-order valence-corrected chi connectivity index (χ0v) is 16.9. The smallest absolute Gasteiger partial charge is 0.257 e. The summed E-state index contributed by atoms with van der Waals surface area (Å²) >= 11 is 5.14. The van der Waals surface area contributed by atoms with E-state index in [0.29, 0.717) is 23.6 Å². The lowest BCUT2D eigenvalue weighted by molar-refractivity contribution is 0.0977. The Balaban J connectivity index is 1.98. The molecule has 0 heterocycles. The zero-order valence-electron chi connectivity index (χ0n) is 15.3. The average molecular weight is 420 g/mol. The molecule has 28 heavy (non-hydrogen) atoms. The number of nitrogens with one attached hydrogen (secondary N) is 3. The maximum atomic E-state index is 12.3. The second-order valence-electron chi connectivity index (χ2n) is 5.53. The second kappa shape index (κ2) is 9.98. The van der Waals surface area contributed by atoms with Crippen LogP contribution in [0.5, 0.6) is 5.75 Å². The van der Waals surface area contributed by atoms with E-state index >= 15 is 0 Å². The lowest BCUT2D eigenvalue weighted by Gasteiger charge is -2.11. The molecule has 0 radical (unpaired) electrons. The van der Waals surface area contributed by atoms with Crippen LogP contribution in [-0.4, -0.2) is 32.6 Å². The third kappa shape index (κ3) is 6.15. The molecule has 0 fully saturated rings. The van der Waals surface area contributed by atoms with Gasteiger partial charge in [-0.15, -0.1) is 6.58 Å². The molecule has 3 N–H and O–H groups in total. The van der Waals surface area contributed by atoms with Gasteiger partial charge >= 0.3 is 0 Å². The van der Waals surface area contributed by atoms with Crippen LogP contribution in [0.3, 0.4) is 0 Å². The molecule has 0 saturated heterocycles. The Bertz CT molecular complexity index is 957. The molecule has 0 spiro atoms. The molecule has 0 atom stereocenters. The molecule has 0 aliphatic carbocycles. The van der Waals surface area contributed by atoms with E-state index in [4.69, 9.17) is 17.0 Å². The van der Waals surface area contributed by atoms with Gasteiger partial charge < -0.3 is 10.1 Å². The van der Waals surface area contributed by atoms with Crippen LogP contribution in [0.4, 0.5) is 5.69 Å². The predicted octanol–water partition coefficient (Wildman–Crippen LogP) is 2.68. The number of thiocarbonyl (C=S) groups is 1. The molecule has 2 aromatic carbocycles. The van der Waals surface area contributed by atoms with Crippen molar-refractivity contribution in [3.05, 3.63) is 66.7 Å². The molecule has 2 aromatic rings. The number of ether oxygens (including phenoxy) is 1. The lowest BCUT2D eigenvalue weighted by atomic mass is 10.2. The molecule has 0 unspecified atom stereocenters. The van der Waals surface area contributed by atoms with Crippen LogP contribution in [0.15, 0.2) is 66.1 Å². The van der Waals surface area contributed by atoms with Gasteiger partial charge in [0.1, 0.15) is 5.75 Å². The highest BCUT2D eigenvalue weighted by Gasteiger charge is 2.13. The van der Waals surface area contributed by atoms with Crippen molar-refractivity contribution in [2.45, 2.75) is 11.8 Å². The number of hydrogen-bond acceptors (Lipinski definition) is 5. The van der Waals surface area contributed by atoms with Gasteiger partial charge in [-0.1, -0.05) is 12.1 Å². The lowest BCUT2D eigenvalue weighted by Crippen LogP contribution is -2.34. The number of amides is 1. The van der Waals surface area contributed by atoms with Crippen molar-refractivity contribution in [1.82, 2.24) is 10.0 Å². The van der Waals surface area contributed by atoms with Gasteiger partial charge in [-0.3, -0.25) is 10.1 Å². The molecule has 2 rings (SSSR count). The van der Waals surface area contributed by atoms with Crippen molar-refractivity contribution in [3.63, 3.8) is 0 Å². The Morgan fingerprint density at radius 2 is 1.93 bits per heavy atom. The molecule has 0 aliphatic rings. The monoisotopic (exact) mass is 419 g/mol.